The second kappa shape index (κ2) is 4.82. The van der Waals surface area contributed by atoms with E-state index in [2.05, 4.69) is 31.9 Å². The zero-order valence-electron chi connectivity index (χ0n) is 9.06. The lowest BCUT2D eigenvalue weighted by Gasteiger charge is -2.20. The van der Waals surface area contributed by atoms with E-state index in [4.69, 9.17) is 0 Å². The number of anilines is 1. The number of hydrogen-bond donors (Lipinski definition) is 1. The minimum atomic E-state index is -3.41. The van der Waals surface area contributed by atoms with E-state index < -0.39 is 16.0 Å². The second-order valence-corrected chi connectivity index (χ2v) is 7.61. The molecule has 0 aliphatic carbocycles. The summed E-state index contributed by atoms with van der Waals surface area (Å²) in [6.45, 7) is 0.308. The van der Waals surface area contributed by atoms with Crippen molar-refractivity contribution in [2.45, 2.75) is 6.42 Å². The van der Waals surface area contributed by atoms with Crippen molar-refractivity contribution in [2.24, 2.45) is 0 Å². The van der Waals surface area contributed by atoms with Crippen LogP contribution >= 0.6 is 31.9 Å². The van der Waals surface area contributed by atoms with Crippen molar-refractivity contribution in [3.8, 4) is 0 Å². The number of carboxylic acid groups (broad SMARTS) is 1. The lowest BCUT2D eigenvalue weighted by Crippen LogP contribution is -2.27. The molecule has 0 amide bonds. The van der Waals surface area contributed by atoms with Crippen LogP contribution in [0.5, 0.6) is 0 Å². The van der Waals surface area contributed by atoms with Gasteiger partial charge in [-0.2, -0.15) is 0 Å². The zero-order valence-corrected chi connectivity index (χ0v) is 13.0. The highest BCUT2D eigenvalue weighted by Gasteiger charge is 2.33. The highest BCUT2D eigenvalue weighted by Crippen LogP contribution is 2.37. The van der Waals surface area contributed by atoms with Gasteiger partial charge in [0.1, 0.15) is 0 Å². The van der Waals surface area contributed by atoms with Crippen molar-refractivity contribution >= 4 is 53.5 Å². The molecule has 0 bridgehead atoms. The fourth-order valence-electron chi connectivity index (χ4n) is 1.87. The molecule has 8 heteroatoms. The Morgan fingerprint density at radius 3 is 2.50 bits per heavy atom. The zero-order chi connectivity index (χ0) is 13.5. The first-order valence-corrected chi connectivity index (χ1v) is 8.25. The van der Waals surface area contributed by atoms with E-state index in [0.717, 1.165) is 4.31 Å². The molecule has 1 N–H and O–H groups in total. The van der Waals surface area contributed by atoms with Crippen molar-refractivity contribution in [1.82, 2.24) is 0 Å². The monoisotopic (exact) mass is 397 g/mol. The summed E-state index contributed by atoms with van der Waals surface area (Å²) in [5.41, 5.74) is 0.157. The van der Waals surface area contributed by atoms with Crippen LogP contribution in [0.3, 0.4) is 0 Å². The molecule has 2 rings (SSSR count). The standard InChI is InChI=1S/C10H9Br2NO4S/c11-6-4-7(10(14)15)9(8(12)5-6)13-2-1-3-18(13,16)17/h4-5H,1-3H2,(H,14,15). The van der Waals surface area contributed by atoms with Gasteiger partial charge in [-0.1, -0.05) is 15.9 Å². The largest absolute Gasteiger partial charge is 0.478 e. The van der Waals surface area contributed by atoms with Gasteiger partial charge < -0.3 is 5.11 Å². The average Bonchev–Trinajstić information content (AvgIpc) is 2.57. The molecule has 1 aromatic carbocycles. The summed E-state index contributed by atoms with van der Waals surface area (Å²) in [6, 6.07) is 3.03. The van der Waals surface area contributed by atoms with Crippen molar-refractivity contribution < 1.29 is 18.3 Å². The maximum atomic E-state index is 11.9. The maximum Gasteiger partial charge on any atom is 0.337 e. The molecule has 1 fully saturated rings. The topological polar surface area (TPSA) is 74.7 Å². The van der Waals surface area contributed by atoms with E-state index in [0.29, 0.717) is 21.9 Å². The summed E-state index contributed by atoms with van der Waals surface area (Å²) >= 11 is 6.42. The van der Waals surface area contributed by atoms with Crippen LogP contribution in [0.4, 0.5) is 5.69 Å². The first-order chi connectivity index (χ1) is 8.33. The molecule has 18 heavy (non-hydrogen) atoms. The Morgan fingerprint density at radius 1 is 1.33 bits per heavy atom. The molecule has 0 spiro atoms. The molecule has 0 saturated carbocycles. The third-order valence-electron chi connectivity index (χ3n) is 2.61. The number of benzene rings is 1. The average molecular weight is 399 g/mol. The molecule has 1 aliphatic rings. The lowest BCUT2D eigenvalue weighted by molar-refractivity contribution is 0.0697. The van der Waals surface area contributed by atoms with Crippen LogP contribution in [-0.4, -0.2) is 31.8 Å². The predicted molar refractivity (Wildman–Crippen MR) is 74.6 cm³/mol. The van der Waals surface area contributed by atoms with Gasteiger partial charge in [0.25, 0.3) is 0 Å². The maximum absolute atomic E-state index is 11.9. The Labute approximate surface area is 121 Å². The quantitative estimate of drug-likeness (QED) is 0.830. The summed E-state index contributed by atoms with van der Waals surface area (Å²) in [5, 5.41) is 9.18. The summed E-state index contributed by atoms with van der Waals surface area (Å²) in [4.78, 5) is 11.2. The van der Waals surface area contributed by atoms with Crippen LogP contribution in [0, 0.1) is 0 Å². The first kappa shape index (κ1) is 13.8. The molecule has 0 atom stereocenters. The van der Waals surface area contributed by atoms with Gasteiger partial charge in [-0.3, -0.25) is 4.31 Å². The fourth-order valence-corrected chi connectivity index (χ4v) is 5.03. The van der Waals surface area contributed by atoms with Crippen molar-refractivity contribution in [3.63, 3.8) is 0 Å². The Hall–Kier alpha value is -0.600. The summed E-state index contributed by atoms with van der Waals surface area (Å²) < 4.78 is 25.9. The third-order valence-corrected chi connectivity index (χ3v) is 5.51. The van der Waals surface area contributed by atoms with Crippen molar-refractivity contribution in [1.29, 1.82) is 0 Å². The van der Waals surface area contributed by atoms with Gasteiger partial charge in [-0.05, 0) is 34.5 Å². The van der Waals surface area contributed by atoms with Gasteiger partial charge in [0.15, 0.2) is 0 Å². The van der Waals surface area contributed by atoms with E-state index in [9.17, 15) is 18.3 Å². The Bertz CT molecular complexity index is 615. The lowest BCUT2D eigenvalue weighted by atomic mass is 10.2. The minimum absolute atomic E-state index is 0.0401. The molecule has 1 heterocycles. The SMILES string of the molecule is O=C(O)c1cc(Br)cc(Br)c1N1CCCS1(=O)=O. The van der Waals surface area contributed by atoms with Crippen LogP contribution in [0.15, 0.2) is 21.1 Å². The normalized spacial score (nSPS) is 18.0. The van der Waals surface area contributed by atoms with Crippen LogP contribution in [-0.2, 0) is 10.0 Å². The van der Waals surface area contributed by atoms with Crippen molar-refractivity contribution in [2.75, 3.05) is 16.6 Å². The highest BCUT2D eigenvalue weighted by molar-refractivity contribution is 9.11. The summed E-state index contributed by atoms with van der Waals surface area (Å²) in [7, 11) is -3.41. The van der Waals surface area contributed by atoms with Crippen LogP contribution in [0.25, 0.3) is 0 Å². The van der Waals surface area contributed by atoms with E-state index >= 15 is 0 Å². The van der Waals surface area contributed by atoms with Gasteiger partial charge in [0.2, 0.25) is 10.0 Å². The number of carbonyl (C=O) groups is 1. The Morgan fingerprint density at radius 2 is 2.00 bits per heavy atom. The van der Waals surface area contributed by atoms with Gasteiger partial charge >= 0.3 is 5.97 Å². The first-order valence-electron chi connectivity index (χ1n) is 5.05. The van der Waals surface area contributed by atoms with Crippen LogP contribution in [0.2, 0.25) is 0 Å². The number of halogens is 2. The number of rotatable bonds is 2. The molecular formula is C10H9Br2NO4S. The van der Waals surface area contributed by atoms with Gasteiger partial charge in [0, 0.05) is 15.5 Å². The van der Waals surface area contributed by atoms with Gasteiger partial charge in [-0.25, -0.2) is 13.2 Å². The molecule has 1 saturated heterocycles. The van der Waals surface area contributed by atoms with E-state index in [1.807, 2.05) is 0 Å². The predicted octanol–water partition coefficient (Wildman–Crippen LogP) is 2.45. The third kappa shape index (κ3) is 2.41. The van der Waals surface area contributed by atoms with Gasteiger partial charge in [0.05, 0.1) is 17.0 Å². The van der Waals surface area contributed by atoms with Crippen LogP contribution < -0.4 is 4.31 Å². The van der Waals surface area contributed by atoms with Crippen molar-refractivity contribution in [3.05, 3.63) is 26.6 Å². The number of hydrogen-bond acceptors (Lipinski definition) is 3. The summed E-state index contributed by atoms with van der Waals surface area (Å²) in [5.74, 6) is -1.11. The van der Waals surface area contributed by atoms with E-state index in [1.54, 1.807) is 6.07 Å². The van der Waals surface area contributed by atoms with Crippen LogP contribution in [0.1, 0.15) is 16.8 Å². The fraction of sp³-hybridized carbons (Fsp3) is 0.300. The number of nitrogens with zero attached hydrogens (tertiary/aromatic N) is 1. The molecule has 0 radical (unpaired) electrons. The second-order valence-electron chi connectivity index (χ2n) is 3.83. The number of aromatic carboxylic acids is 1. The Kier molecular flexibility index (Phi) is 3.70. The molecule has 0 unspecified atom stereocenters. The number of carboxylic acids is 1. The molecule has 5 nitrogen and oxygen atoms in total. The molecule has 1 aliphatic heterocycles. The molecule has 0 aromatic heterocycles. The minimum Gasteiger partial charge on any atom is -0.478 e. The van der Waals surface area contributed by atoms with Gasteiger partial charge in [-0.15, -0.1) is 0 Å². The number of sulfonamides is 1. The van der Waals surface area contributed by atoms with E-state index in [1.165, 1.54) is 6.07 Å². The Balaban J connectivity index is 2.67. The molecule has 1 aromatic rings. The highest BCUT2D eigenvalue weighted by atomic mass is 79.9. The smallest absolute Gasteiger partial charge is 0.337 e. The van der Waals surface area contributed by atoms with E-state index in [-0.39, 0.29) is 17.0 Å². The summed E-state index contributed by atoms with van der Waals surface area (Å²) in [6.07, 6.45) is 0.504. The molecule has 98 valence electrons. The molecular weight excluding hydrogens is 390 g/mol.